The third-order valence-corrected chi connectivity index (χ3v) is 4.40. The largest absolute Gasteiger partial charge is 0.465 e. The van der Waals surface area contributed by atoms with Crippen LogP contribution in [-0.4, -0.2) is 25.0 Å². The van der Waals surface area contributed by atoms with Gasteiger partial charge in [0, 0.05) is 6.42 Å². The van der Waals surface area contributed by atoms with Gasteiger partial charge in [0.15, 0.2) is 0 Å². The highest BCUT2D eigenvalue weighted by molar-refractivity contribution is 5.81. The summed E-state index contributed by atoms with van der Waals surface area (Å²) in [6, 6.07) is 0. The van der Waals surface area contributed by atoms with Gasteiger partial charge in [-0.15, -0.1) is 0 Å². The SMILES string of the molecule is CCCCCCCC/C=C\CCCCCCCC(=O)NCC(=O)OCC. The quantitative estimate of drug-likeness (QED) is 0.192. The maximum absolute atomic E-state index is 11.6. The number of hydrogen-bond donors (Lipinski definition) is 1. The molecule has 0 fully saturated rings. The van der Waals surface area contributed by atoms with Gasteiger partial charge in [0.1, 0.15) is 6.54 Å². The lowest BCUT2D eigenvalue weighted by atomic mass is 10.1. The zero-order valence-electron chi connectivity index (χ0n) is 17.2. The van der Waals surface area contributed by atoms with Crippen molar-refractivity contribution in [1.82, 2.24) is 5.32 Å². The van der Waals surface area contributed by atoms with Gasteiger partial charge in [0.05, 0.1) is 6.61 Å². The van der Waals surface area contributed by atoms with Crippen LogP contribution in [0.5, 0.6) is 0 Å². The molecule has 0 heterocycles. The maximum Gasteiger partial charge on any atom is 0.325 e. The van der Waals surface area contributed by atoms with Crippen LogP contribution in [0.4, 0.5) is 0 Å². The topological polar surface area (TPSA) is 55.4 Å². The second-order valence-corrected chi connectivity index (χ2v) is 6.92. The summed E-state index contributed by atoms with van der Waals surface area (Å²) in [6.07, 6.45) is 21.4. The minimum Gasteiger partial charge on any atom is -0.465 e. The number of ether oxygens (including phenoxy) is 1. The second kappa shape index (κ2) is 20.0. The van der Waals surface area contributed by atoms with Crippen molar-refractivity contribution in [3.05, 3.63) is 12.2 Å². The Labute approximate surface area is 161 Å². The Hall–Kier alpha value is -1.32. The van der Waals surface area contributed by atoms with Crippen LogP contribution in [-0.2, 0) is 14.3 Å². The highest BCUT2D eigenvalue weighted by Gasteiger charge is 2.05. The molecule has 4 nitrogen and oxygen atoms in total. The molecule has 0 aromatic carbocycles. The predicted octanol–water partition coefficient (Wildman–Crippen LogP) is 5.70. The first-order chi connectivity index (χ1) is 12.7. The first kappa shape index (κ1) is 24.7. The van der Waals surface area contributed by atoms with Crippen LogP contribution in [0.2, 0.25) is 0 Å². The van der Waals surface area contributed by atoms with Crippen LogP contribution in [0.3, 0.4) is 0 Å². The maximum atomic E-state index is 11.6. The molecular weight excluding hydrogens is 326 g/mol. The van der Waals surface area contributed by atoms with Crippen LogP contribution >= 0.6 is 0 Å². The van der Waals surface area contributed by atoms with Gasteiger partial charge in [-0.25, -0.2) is 0 Å². The van der Waals surface area contributed by atoms with Gasteiger partial charge in [-0.2, -0.15) is 0 Å². The zero-order valence-corrected chi connectivity index (χ0v) is 17.2. The number of allylic oxidation sites excluding steroid dienone is 2. The normalized spacial score (nSPS) is 11.0. The lowest BCUT2D eigenvalue weighted by molar-refractivity contribution is -0.143. The minimum atomic E-state index is -0.370. The van der Waals surface area contributed by atoms with Crippen LogP contribution in [0, 0.1) is 0 Å². The average molecular weight is 368 g/mol. The molecule has 0 spiro atoms. The van der Waals surface area contributed by atoms with E-state index in [1.54, 1.807) is 6.92 Å². The molecule has 0 saturated carbocycles. The summed E-state index contributed by atoms with van der Waals surface area (Å²) < 4.78 is 4.76. The van der Waals surface area contributed by atoms with E-state index in [9.17, 15) is 9.59 Å². The highest BCUT2D eigenvalue weighted by atomic mass is 16.5. The number of carbonyl (C=O) groups is 2. The van der Waals surface area contributed by atoms with Crippen LogP contribution in [0.1, 0.15) is 104 Å². The average Bonchev–Trinajstić information content (AvgIpc) is 2.63. The molecule has 0 unspecified atom stereocenters. The molecule has 0 saturated heterocycles. The molecule has 0 atom stereocenters. The van der Waals surface area contributed by atoms with Crippen molar-refractivity contribution in [3.63, 3.8) is 0 Å². The van der Waals surface area contributed by atoms with Crippen molar-refractivity contribution in [1.29, 1.82) is 0 Å². The Morgan fingerprint density at radius 2 is 1.31 bits per heavy atom. The first-order valence-corrected chi connectivity index (χ1v) is 10.8. The molecule has 1 N–H and O–H groups in total. The van der Waals surface area contributed by atoms with Gasteiger partial charge in [-0.1, -0.05) is 70.4 Å². The smallest absolute Gasteiger partial charge is 0.325 e. The van der Waals surface area contributed by atoms with Crippen molar-refractivity contribution in [2.45, 2.75) is 104 Å². The number of unbranched alkanes of at least 4 members (excludes halogenated alkanes) is 11. The summed E-state index contributed by atoms with van der Waals surface area (Å²) in [5.74, 6) is -0.430. The van der Waals surface area contributed by atoms with Gasteiger partial charge < -0.3 is 10.1 Å². The Morgan fingerprint density at radius 3 is 1.88 bits per heavy atom. The molecule has 0 aliphatic heterocycles. The van der Waals surface area contributed by atoms with Crippen molar-refractivity contribution < 1.29 is 14.3 Å². The number of esters is 1. The minimum absolute atomic E-state index is 0.0161. The van der Waals surface area contributed by atoms with Crippen molar-refractivity contribution in [2.24, 2.45) is 0 Å². The third-order valence-electron chi connectivity index (χ3n) is 4.40. The molecule has 26 heavy (non-hydrogen) atoms. The molecule has 0 aliphatic rings. The molecule has 0 aromatic heterocycles. The number of carbonyl (C=O) groups excluding carboxylic acids is 2. The van der Waals surface area contributed by atoms with Crippen LogP contribution in [0.25, 0.3) is 0 Å². The summed E-state index contributed by atoms with van der Waals surface area (Å²) in [5, 5.41) is 2.59. The summed E-state index contributed by atoms with van der Waals surface area (Å²) in [6.45, 7) is 4.35. The van der Waals surface area contributed by atoms with Gasteiger partial charge in [0.2, 0.25) is 5.91 Å². The molecule has 4 heteroatoms. The van der Waals surface area contributed by atoms with Gasteiger partial charge >= 0.3 is 5.97 Å². The fourth-order valence-electron chi connectivity index (χ4n) is 2.83. The summed E-state index contributed by atoms with van der Waals surface area (Å²) in [5.41, 5.74) is 0. The standard InChI is InChI=1S/C22H41NO3/c1-3-5-6-7-8-9-10-11-12-13-14-15-16-17-18-19-21(24)23-20-22(25)26-4-2/h11-12H,3-10,13-20H2,1-2H3,(H,23,24)/b12-11-. The van der Waals surface area contributed by atoms with E-state index < -0.39 is 0 Å². The van der Waals surface area contributed by atoms with Crippen LogP contribution < -0.4 is 5.32 Å². The van der Waals surface area contributed by atoms with Crippen LogP contribution in [0.15, 0.2) is 12.2 Å². The highest BCUT2D eigenvalue weighted by Crippen LogP contribution is 2.09. The van der Waals surface area contributed by atoms with Gasteiger partial charge in [-0.3, -0.25) is 9.59 Å². The molecule has 0 aliphatic carbocycles. The zero-order chi connectivity index (χ0) is 19.3. The summed E-state index contributed by atoms with van der Waals surface area (Å²) >= 11 is 0. The lowest BCUT2D eigenvalue weighted by Gasteiger charge is -2.05. The summed E-state index contributed by atoms with van der Waals surface area (Å²) in [7, 11) is 0. The predicted molar refractivity (Wildman–Crippen MR) is 109 cm³/mol. The molecule has 1 amide bonds. The van der Waals surface area contributed by atoms with E-state index in [1.807, 2.05) is 0 Å². The van der Waals surface area contributed by atoms with E-state index in [0.717, 1.165) is 12.8 Å². The monoisotopic (exact) mass is 367 g/mol. The Balaban J connectivity index is 3.26. The van der Waals surface area contributed by atoms with E-state index in [-0.39, 0.29) is 18.4 Å². The fraction of sp³-hybridized carbons (Fsp3) is 0.818. The Bertz CT molecular complexity index is 366. The fourth-order valence-corrected chi connectivity index (χ4v) is 2.83. The number of hydrogen-bond acceptors (Lipinski definition) is 3. The van der Waals surface area contributed by atoms with E-state index in [0.29, 0.717) is 13.0 Å². The molecule has 0 aromatic rings. The number of nitrogens with one attached hydrogen (secondary N) is 1. The van der Waals surface area contributed by atoms with E-state index in [1.165, 1.54) is 70.6 Å². The van der Waals surface area contributed by atoms with Gasteiger partial charge in [0.25, 0.3) is 0 Å². The van der Waals surface area contributed by atoms with E-state index in [4.69, 9.17) is 4.74 Å². The number of amides is 1. The Kier molecular flexibility index (Phi) is 19.0. The van der Waals surface area contributed by atoms with E-state index >= 15 is 0 Å². The number of rotatable bonds is 18. The third kappa shape index (κ3) is 19.0. The molecule has 0 rings (SSSR count). The molecular formula is C22H41NO3. The molecule has 0 radical (unpaired) electrons. The van der Waals surface area contributed by atoms with E-state index in [2.05, 4.69) is 24.4 Å². The summed E-state index contributed by atoms with van der Waals surface area (Å²) in [4.78, 5) is 22.7. The molecule has 152 valence electrons. The van der Waals surface area contributed by atoms with Crippen molar-refractivity contribution in [2.75, 3.05) is 13.2 Å². The lowest BCUT2D eigenvalue weighted by Crippen LogP contribution is -2.30. The molecule has 0 bridgehead atoms. The second-order valence-electron chi connectivity index (χ2n) is 6.92. The first-order valence-electron chi connectivity index (χ1n) is 10.8. The van der Waals surface area contributed by atoms with Gasteiger partial charge in [-0.05, 0) is 39.0 Å². The van der Waals surface area contributed by atoms with Crippen molar-refractivity contribution >= 4 is 11.9 Å². The van der Waals surface area contributed by atoms with Crippen molar-refractivity contribution in [3.8, 4) is 0 Å². The Morgan fingerprint density at radius 1 is 0.769 bits per heavy atom.